The van der Waals surface area contributed by atoms with Gasteiger partial charge in [0.15, 0.2) is 0 Å². The molecule has 7 nitrogen and oxygen atoms in total. The van der Waals surface area contributed by atoms with Crippen molar-refractivity contribution in [1.29, 1.82) is 0 Å². The number of nitrogens with two attached hydrogens (primary N) is 1. The van der Waals surface area contributed by atoms with Gasteiger partial charge < -0.3 is 15.6 Å². The third-order valence-corrected chi connectivity index (χ3v) is 3.04. The van der Waals surface area contributed by atoms with Crippen molar-refractivity contribution >= 4 is 23.1 Å². The molecule has 0 aromatic heterocycles. The number of nitro benzene ring substituents is 1. The zero-order chi connectivity index (χ0) is 12.8. The summed E-state index contributed by atoms with van der Waals surface area (Å²) in [7, 11) is 0. The van der Waals surface area contributed by atoms with Gasteiger partial charge in [0.2, 0.25) is 0 Å². The van der Waals surface area contributed by atoms with Crippen molar-refractivity contribution in [2.24, 2.45) is 5.84 Å². The van der Waals surface area contributed by atoms with E-state index in [0.29, 0.717) is 10.6 Å². The highest BCUT2D eigenvalue weighted by atomic mass is 32.2. The molecule has 0 heterocycles. The lowest BCUT2D eigenvalue weighted by atomic mass is 10.3. The lowest BCUT2D eigenvalue weighted by molar-refractivity contribution is -0.385. The number of non-ortho nitro benzene ring substituents is 1. The molecule has 1 unspecified atom stereocenters. The highest BCUT2D eigenvalue weighted by Gasteiger charge is 2.11. The number of hydrazine groups is 1. The van der Waals surface area contributed by atoms with Crippen LogP contribution in [0.1, 0.15) is 0 Å². The van der Waals surface area contributed by atoms with E-state index in [-0.39, 0.29) is 18.0 Å². The summed E-state index contributed by atoms with van der Waals surface area (Å²) in [5.41, 5.74) is 2.67. The third-order valence-electron chi connectivity index (χ3n) is 1.92. The van der Waals surface area contributed by atoms with Crippen molar-refractivity contribution in [2.45, 2.75) is 11.0 Å². The van der Waals surface area contributed by atoms with Crippen LogP contribution in [-0.4, -0.2) is 33.6 Å². The lowest BCUT2D eigenvalue weighted by Gasteiger charge is -2.08. The molecule has 1 rings (SSSR count). The fraction of sp³-hybridized carbons (Fsp3) is 0.333. The number of thioether (sulfide) groups is 1. The second-order valence-electron chi connectivity index (χ2n) is 3.26. The first kappa shape index (κ1) is 13.7. The van der Waals surface area contributed by atoms with Gasteiger partial charge in [-0.3, -0.25) is 16.0 Å². The Labute approximate surface area is 102 Å². The van der Waals surface area contributed by atoms with Gasteiger partial charge in [-0.05, 0) is 6.07 Å². The van der Waals surface area contributed by atoms with Gasteiger partial charge in [0.1, 0.15) is 0 Å². The Morgan fingerprint density at radius 3 is 2.76 bits per heavy atom. The number of anilines is 1. The predicted molar refractivity (Wildman–Crippen MR) is 64.7 cm³/mol. The maximum absolute atomic E-state index is 10.7. The van der Waals surface area contributed by atoms with Gasteiger partial charge in [0.25, 0.3) is 5.69 Å². The Morgan fingerprint density at radius 2 is 2.24 bits per heavy atom. The Kier molecular flexibility index (Phi) is 5.16. The standard InChI is InChI=1S/C9H13N3O4S/c10-11-6-1-7(12(15)16)3-9(2-6)17-5-8(14)4-13/h1-3,8,11,13-14H,4-5,10H2. The molecule has 0 saturated heterocycles. The number of hydrogen-bond donors (Lipinski definition) is 4. The summed E-state index contributed by atoms with van der Waals surface area (Å²) in [4.78, 5) is 10.7. The van der Waals surface area contributed by atoms with Gasteiger partial charge in [0.05, 0.1) is 23.3 Å². The van der Waals surface area contributed by atoms with E-state index in [2.05, 4.69) is 5.43 Å². The minimum absolute atomic E-state index is 0.0820. The van der Waals surface area contributed by atoms with Gasteiger partial charge in [0, 0.05) is 22.8 Å². The van der Waals surface area contributed by atoms with Crippen molar-refractivity contribution in [3.63, 3.8) is 0 Å². The van der Waals surface area contributed by atoms with Crippen molar-refractivity contribution in [1.82, 2.24) is 0 Å². The molecular formula is C9H13N3O4S. The smallest absolute Gasteiger partial charge is 0.272 e. The van der Waals surface area contributed by atoms with Gasteiger partial charge in [-0.25, -0.2) is 0 Å². The van der Waals surface area contributed by atoms with E-state index in [4.69, 9.17) is 10.9 Å². The van der Waals surface area contributed by atoms with Crippen LogP contribution in [0.2, 0.25) is 0 Å². The summed E-state index contributed by atoms with van der Waals surface area (Å²) in [5.74, 6) is 5.45. The van der Waals surface area contributed by atoms with Crippen LogP contribution in [0, 0.1) is 10.1 Å². The number of nitrogens with one attached hydrogen (secondary N) is 1. The highest BCUT2D eigenvalue weighted by Crippen LogP contribution is 2.27. The molecule has 94 valence electrons. The molecule has 5 N–H and O–H groups in total. The molecule has 1 atom stereocenters. The average molecular weight is 259 g/mol. The van der Waals surface area contributed by atoms with Crippen molar-refractivity contribution in [2.75, 3.05) is 17.8 Å². The molecule has 0 bridgehead atoms. The zero-order valence-electron chi connectivity index (χ0n) is 8.87. The summed E-state index contributed by atoms with van der Waals surface area (Å²) in [6.45, 7) is -0.343. The summed E-state index contributed by atoms with van der Waals surface area (Å²) < 4.78 is 0. The summed E-state index contributed by atoms with van der Waals surface area (Å²) in [5, 5.41) is 28.5. The largest absolute Gasteiger partial charge is 0.394 e. The average Bonchev–Trinajstić information content (AvgIpc) is 2.35. The minimum Gasteiger partial charge on any atom is -0.394 e. The molecular weight excluding hydrogens is 246 g/mol. The molecule has 17 heavy (non-hydrogen) atoms. The summed E-state index contributed by atoms with van der Waals surface area (Å²) in [6, 6.07) is 4.32. The second kappa shape index (κ2) is 6.40. The van der Waals surface area contributed by atoms with Crippen LogP contribution in [0.15, 0.2) is 23.1 Å². The van der Waals surface area contributed by atoms with E-state index in [9.17, 15) is 15.2 Å². The van der Waals surface area contributed by atoms with E-state index < -0.39 is 11.0 Å². The van der Waals surface area contributed by atoms with Crippen LogP contribution in [0.25, 0.3) is 0 Å². The summed E-state index contributed by atoms with van der Waals surface area (Å²) in [6.07, 6.45) is -0.853. The fourth-order valence-electron chi connectivity index (χ4n) is 1.10. The highest BCUT2D eigenvalue weighted by molar-refractivity contribution is 7.99. The molecule has 1 aromatic carbocycles. The number of hydrogen-bond acceptors (Lipinski definition) is 7. The molecule has 1 aromatic rings. The Balaban J connectivity index is 2.83. The zero-order valence-corrected chi connectivity index (χ0v) is 9.68. The third kappa shape index (κ3) is 4.19. The van der Waals surface area contributed by atoms with Gasteiger partial charge in [-0.2, -0.15) is 0 Å². The van der Waals surface area contributed by atoms with Crippen LogP contribution in [0.3, 0.4) is 0 Å². The maximum atomic E-state index is 10.7. The Morgan fingerprint density at radius 1 is 1.53 bits per heavy atom. The van der Waals surface area contributed by atoms with Crippen molar-refractivity contribution in [3.8, 4) is 0 Å². The lowest BCUT2D eigenvalue weighted by Crippen LogP contribution is -2.14. The number of rotatable bonds is 6. The summed E-state index contributed by atoms with van der Waals surface area (Å²) >= 11 is 1.20. The van der Waals surface area contributed by atoms with Gasteiger partial charge in [-0.15, -0.1) is 11.8 Å². The molecule has 0 radical (unpaired) electrons. The van der Waals surface area contributed by atoms with E-state index in [1.807, 2.05) is 0 Å². The first-order chi connectivity index (χ1) is 8.06. The van der Waals surface area contributed by atoms with Crippen LogP contribution in [0.5, 0.6) is 0 Å². The second-order valence-corrected chi connectivity index (χ2v) is 4.36. The van der Waals surface area contributed by atoms with Crippen LogP contribution in [0.4, 0.5) is 11.4 Å². The van der Waals surface area contributed by atoms with E-state index in [0.717, 1.165) is 0 Å². The number of nitrogen functional groups attached to an aromatic ring is 1. The van der Waals surface area contributed by atoms with Crippen molar-refractivity contribution < 1.29 is 15.1 Å². The quantitative estimate of drug-likeness (QED) is 0.251. The van der Waals surface area contributed by atoms with Crippen LogP contribution >= 0.6 is 11.8 Å². The molecule has 0 aliphatic rings. The molecule has 8 heteroatoms. The fourth-order valence-corrected chi connectivity index (χ4v) is 2.01. The van der Waals surface area contributed by atoms with E-state index in [1.54, 1.807) is 6.07 Å². The van der Waals surface area contributed by atoms with E-state index >= 15 is 0 Å². The van der Waals surface area contributed by atoms with Gasteiger partial charge in [-0.1, -0.05) is 0 Å². The topological polar surface area (TPSA) is 122 Å². The molecule has 0 aliphatic carbocycles. The number of nitrogens with zero attached hydrogens (tertiary/aromatic N) is 1. The molecule has 0 aliphatic heterocycles. The van der Waals surface area contributed by atoms with E-state index in [1.165, 1.54) is 23.9 Å². The molecule has 0 saturated carbocycles. The number of nitro groups is 1. The normalized spacial score (nSPS) is 12.2. The van der Waals surface area contributed by atoms with Crippen LogP contribution < -0.4 is 11.3 Å². The first-order valence-electron chi connectivity index (χ1n) is 4.74. The number of aliphatic hydroxyl groups is 2. The molecule has 0 spiro atoms. The van der Waals surface area contributed by atoms with Crippen LogP contribution in [-0.2, 0) is 0 Å². The Bertz CT molecular complexity index is 402. The number of benzene rings is 1. The Hall–Kier alpha value is -1.35. The monoisotopic (exact) mass is 259 g/mol. The number of aliphatic hydroxyl groups excluding tert-OH is 2. The molecule has 0 amide bonds. The van der Waals surface area contributed by atoms with Gasteiger partial charge >= 0.3 is 0 Å². The predicted octanol–water partition coefficient (Wildman–Crippen LogP) is 0.326. The minimum atomic E-state index is -0.853. The maximum Gasteiger partial charge on any atom is 0.272 e. The van der Waals surface area contributed by atoms with Crippen molar-refractivity contribution in [3.05, 3.63) is 28.3 Å². The molecule has 0 fully saturated rings. The first-order valence-corrected chi connectivity index (χ1v) is 5.73. The SMILES string of the molecule is NNc1cc(SCC(O)CO)cc([N+](=O)[O-])c1.